The van der Waals surface area contributed by atoms with Crippen molar-refractivity contribution < 1.29 is 24.2 Å². The van der Waals surface area contributed by atoms with Gasteiger partial charge < -0.3 is 19.5 Å². The van der Waals surface area contributed by atoms with Gasteiger partial charge in [-0.2, -0.15) is 0 Å². The Morgan fingerprint density at radius 1 is 1.18 bits per heavy atom. The summed E-state index contributed by atoms with van der Waals surface area (Å²) in [6.45, 7) is 0.138. The Morgan fingerprint density at radius 3 is 2.55 bits per heavy atom. The van der Waals surface area contributed by atoms with Crippen LogP contribution in [0.4, 0.5) is 0 Å². The van der Waals surface area contributed by atoms with Gasteiger partial charge in [0.2, 0.25) is 0 Å². The van der Waals surface area contributed by atoms with Crippen LogP contribution in [0.15, 0.2) is 53.7 Å². The Kier molecular flexibility index (Phi) is 6.60. The minimum atomic E-state index is -0.820. The molecule has 2 aromatic heterocycles. The molecule has 4 rings (SSSR count). The van der Waals surface area contributed by atoms with E-state index in [4.69, 9.17) is 32.7 Å². The highest BCUT2D eigenvalue weighted by Gasteiger charge is 2.47. The van der Waals surface area contributed by atoms with Crippen LogP contribution in [-0.2, 0) is 16.1 Å². The van der Waals surface area contributed by atoms with Crippen LogP contribution in [0.1, 0.15) is 22.0 Å². The standard InChI is InChI=1S/C23H18Cl2N2O5S/c1-31-21-13(9-14(24)22(32-2)17(21)25)19(28)16-18(15-6-4-8-33-15)27(23(30)20(16)29)11-12-5-3-7-26-10-12/h3-10,18,28H,11H2,1-2H3/b19-16-. The van der Waals surface area contributed by atoms with Crippen molar-refractivity contribution in [3.05, 3.63) is 79.7 Å². The summed E-state index contributed by atoms with van der Waals surface area (Å²) in [5.41, 5.74) is 0.741. The van der Waals surface area contributed by atoms with Crippen LogP contribution < -0.4 is 9.47 Å². The first kappa shape index (κ1) is 23.1. The number of Topliss-reactive ketones (excluding diaryl/α,β-unsaturated/α-hetero) is 1. The maximum absolute atomic E-state index is 13.2. The summed E-state index contributed by atoms with van der Waals surface area (Å²) in [5.74, 6) is -1.76. The van der Waals surface area contributed by atoms with Crippen molar-refractivity contribution >= 4 is 52.0 Å². The zero-order chi connectivity index (χ0) is 23.7. The van der Waals surface area contributed by atoms with Crippen LogP contribution in [0, 0.1) is 0 Å². The normalized spacial score (nSPS) is 17.5. The number of halogens is 2. The van der Waals surface area contributed by atoms with Gasteiger partial charge in [0.05, 0.1) is 36.4 Å². The maximum Gasteiger partial charge on any atom is 0.295 e. The second-order valence-corrected chi connectivity index (χ2v) is 8.85. The van der Waals surface area contributed by atoms with Crippen LogP contribution >= 0.6 is 34.5 Å². The minimum absolute atomic E-state index is 0.0336. The van der Waals surface area contributed by atoms with Crippen molar-refractivity contribution in [2.75, 3.05) is 14.2 Å². The van der Waals surface area contributed by atoms with Crippen LogP contribution in [0.5, 0.6) is 11.5 Å². The van der Waals surface area contributed by atoms with Crippen molar-refractivity contribution in [3.8, 4) is 11.5 Å². The zero-order valence-corrected chi connectivity index (χ0v) is 19.9. The molecule has 1 aliphatic heterocycles. The third kappa shape index (κ3) is 4.06. The molecule has 0 saturated carbocycles. The van der Waals surface area contributed by atoms with Gasteiger partial charge in [0.1, 0.15) is 10.8 Å². The highest BCUT2D eigenvalue weighted by molar-refractivity contribution is 7.10. The number of likely N-dealkylation sites (tertiary alicyclic amines) is 1. The fourth-order valence-electron chi connectivity index (χ4n) is 3.77. The number of aromatic nitrogens is 1. The molecule has 1 atom stereocenters. The first-order valence-electron chi connectivity index (χ1n) is 9.70. The molecule has 1 amide bonds. The molecule has 1 N–H and O–H groups in total. The number of benzene rings is 1. The Morgan fingerprint density at radius 2 is 1.94 bits per heavy atom. The Bertz CT molecular complexity index is 1250. The number of nitrogens with zero attached hydrogens (tertiary/aromatic N) is 2. The summed E-state index contributed by atoms with van der Waals surface area (Å²) in [6.07, 6.45) is 3.24. The molecular weight excluding hydrogens is 487 g/mol. The number of carbonyl (C=O) groups is 2. The maximum atomic E-state index is 13.2. The molecule has 1 saturated heterocycles. The summed E-state index contributed by atoms with van der Waals surface area (Å²) in [5, 5.41) is 13.3. The number of ketones is 1. The summed E-state index contributed by atoms with van der Waals surface area (Å²) in [7, 11) is 2.76. The molecule has 1 unspecified atom stereocenters. The van der Waals surface area contributed by atoms with Crippen LogP contribution in [0.25, 0.3) is 5.76 Å². The third-order valence-corrected chi connectivity index (χ3v) is 6.77. The minimum Gasteiger partial charge on any atom is -0.507 e. The lowest BCUT2D eigenvalue weighted by molar-refractivity contribution is -0.140. The second-order valence-electron chi connectivity index (χ2n) is 7.09. The number of pyridine rings is 1. The molecule has 0 aliphatic carbocycles. The molecule has 170 valence electrons. The average Bonchev–Trinajstić information content (AvgIpc) is 3.42. The van der Waals surface area contributed by atoms with Crippen molar-refractivity contribution in [2.24, 2.45) is 0 Å². The van der Waals surface area contributed by atoms with Gasteiger partial charge in [0.15, 0.2) is 11.5 Å². The highest BCUT2D eigenvalue weighted by Crippen LogP contribution is 2.47. The monoisotopic (exact) mass is 504 g/mol. The number of hydrogen-bond acceptors (Lipinski definition) is 7. The molecule has 0 spiro atoms. The smallest absolute Gasteiger partial charge is 0.295 e. The fourth-order valence-corrected chi connectivity index (χ4v) is 5.30. The number of methoxy groups -OCH3 is 2. The zero-order valence-electron chi connectivity index (χ0n) is 17.5. The van der Waals surface area contributed by atoms with Crippen molar-refractivity contribution in [3.63, 3.8) is 0 Å². The van der Waals surface area contributed by atoms with Crippen molar-refractivity contribution in [1.29, 1.82) is 0 Å². The summed E-state index contributed by atoms with van der Waals surface area (Å²) >= 11 is 14.0. The van der Waals surface area contributed by atoms with E-state index >= 15 is 0 Å². The van der Waals surface area contributed by atoms with Gasteiger partial charge in [-0.1, -0.05) is 35.3 Å². The molecule has 33 heavy (non-hydrogen) atoms. The van der Waals surface area contributed by atoms with E-state index in [1.807, 2.05) is 17.5 Å². The van der Waals surface area contributed by atoms with Crippen molar-refractivity contribution in [2.45, 2.75) is 12.6 Å². The number of amides is 1. The van der Waals surface area contributed by atoms with E-state index in [0.717, 1.165) is 5.56 Å². The number of hydrogen-bond donors (Lipinski definition) is 1. The number of thiophene rings is 1. The van der Waals surface area contributed by atoms with Crippen LogP contribution in [0.2, 0.25) is 10.0 Å². The van der Waals surface area contributed by atoms with E-state index in [-0.39, 0.29) is 39.2 Å². The quantitative estimate of drug-likeness (QED) is 0.285. The molecular formula is C23H18Cl2N2O5S. The lowest BCUT2D eigenvalue weighted by atomic mass is 9.99. The Labute approximate surface area is 203 Å². The fraction of sp³-hybridized carbons (Fsp3) is 0.174. The molecule has 0 bridgehead atoms. The van der Waals surface area contributed by atoms with Gasteiger partial charge in [-0.15, -0.1) is 11.3 Å². The van der Waals surface area contributed by atoms with E-state index in [1.54, 1.807) is 24.5 Å². The molecule has 1 aliphatic rings. The summed E-state index contributed by atoms with van der Waals surface area (Å²) in [4.78, 5) is 32.4. The van der Waals surface area contributed by atoms with E-state index in [1.165, 1.54) is 36.5 Å². The predicted molar refractivity (Wildman–Crippen MR) is 126 cm³/mol. The first-order chi connectivity index (χ1) is 15.9. The molecule has 7 nitrogen and oxygen atoms in total. The van der Waals surface area contributed by atoms with Gasteiger partial charge in [0.25, 0.3) is 11.7 Å². The average molecular weight is 505 g/mol. The van der Waals surface area contributed by atoms with Gasteiger partial charge >= 0.3 is 0 Å². The molecule has 3 heterocycles. The number of rotatable bonds is 6. The molecule has 3 aromatic rings. The van der Waals surface area contributed by atoms with Crippen molar-refractivity contribution in [1.82, 2.24) is 9.88 Å². The number of aliphatic hydroxyl groups excluding tert-OH is 1. The van der Waals surface area contributed by atoms with Crippen LogP contribution in [-0.4, -0.2) is 40.9 Å². The Balaban J connectivity index is 1.91. The van der Waals surface area contributed by atoms with Gasteiger partial charge in [-0.3, -0.25) is 14.6 Å². The molecule has 0 radical (unpaired) electrons. The molecule has 1 aromatic carbocycles. The number of aliphatic hydroxyl groups is 1. The second kappa shape index (κ2) is 9.43. The van der Waals surface area contributed by atoms with Gasteiger partial charge in [-0.25, -0.2) is 0 Å². The lowest BCUT2D eigenvalue weighted by Crippen LogP contribution is -2.28. The predicted octanol–water partition coefficient (Wildman–Crippen LogP) is 5.09. The molecule has 1 fully saturated rings. The van der Waals surface area contributed by atoms with Crippen LogP contribution in [0.3, 0.4) is 0 Å². The van der Waals surface area contributed by atoms with E-state index < -0.39 is 23.5 Å². The molecule has 10 heteroatoms. The van der Waals surface area contributed by atoms with E-state index in [0.29, 0.717) is 4.88 Å². The van der Waals surface area contributed by atoms with Gasteiger partial charge in [-0.05, 0) is 29.1 Å². The SMILES string of the molecule is COc1c(Cl)cc(/C(O)=C2/C(=O)C(=O)N(Cc3cccnc3)C2c2cccs2)c(OC)c1Cl. The van der Waals surface area contributed by atoms with Gasteiger partial charge in [0, 0.05) is 23.8 Å². The summed E-state index contributed by atoms with van der Waals surface area (Å²) < 4.78 is 10.6. The largest absolute Gasteiger partial charge is 0.507 e. The topological polar surface area (TPSA) is 89.0 Å². The number of ether oxygens (including phenoxy) is 2. The lowest BCUT2D eigenvalue weighted by Gasteiger charge is -2.24. The van der Waals surface area contributed by atoms with E-state index in [2.05, 4.69) is 4.98 Å². The summed E-state index contributed by atoms with van der Waals surface area (Å²) in [6, 6.07) is 7.75. The number of carbonyl (C=O) groups excluding carboxylic acids is 2. The highest BCUT2D eigenvalue weighted by atomic mass is 35.5. The van der Waals surface area contributed by atoms with E-state index in [9.17, 15) is 14.7 Å². The Hall–Kier alpha value is -3.07. The first-order valence-corrected chi connectivity index (χ1v) is 11.3. The third-order valence-electron chi connectivity index (χ3n) is 5.22.